The van der Waals surface area contributed by atoms with Crippen molar-refractivity contribution in [2.24, 2.45) is 0 Å². The molecule has 0 bridgehead atoms. The minimum Gasteiger partial charge on any atom is -0.496 e. The Morgan fingerprint density at radius 3 is 2.44 bits per heavy atom. The molecule has 0 fully saturated rings. The van der Waals surface area contributed by atoms with Gasteiger partial charge in [-0.1, -0.05) is 13.3 Å². The number of rotatable bonds is 4. The minimum absolute atomic E-state index is 0.0243. The van der Waals surface area contributed by atoms with Crippen LogP contribution in [-0.2, 0) is 11.2 Å². The van der Waals surface area contributed by atoms with Gasteiger partial charge in [0.15, 0.2) is 0 Å². The van der Waals surface area contributed by atoms with Crippen molar-refractivity contribution >= 4 is 5.78 Å². The van der Waals surface area contributed by atoms with Gasteiger partial charge in [-0.05, 0) is 25.0 Å². The molecule has 0 saturated carbocycles. The summed E-state index contributed by atoms with van der Waals surface area (Å²) in [4.78, 5) is 12.1. The van der Waals surface area contributed by atoms with E-state index < -0.39 is 0 Å². The third-order valence-corrected chi connectivity index (χ3v) is 3.65. The van der Waals surface area contributed by atoms with E-state index in [9.17, 15) is 4.79 Å². The van der Waals surface area contributed by atoms with Gasteiger partial charge in [0.1, 0.15) is 17.3 Å². The lowest BCUT2D eigenvalue weighted by Crippen LogP contribution is -2.21. The van der Waals surface area contributed by atoms with Gasteiger partial charge in [0.05, 0.1) is 14.2 Å². The van der Waals surface area contributed by atoms with Crippen LogP contribution in [0, 0.1) is 0 Å². The third kappa shape index (κ3) is 2.09. The van der Waals surface area contributed by atoms with Gasteiger partial charge in [-0.2, -0.15) is 0 Å². The lowest BCUT2D eigenvalue weighted by molar-refractivity contribution is -0.121. The first-order valence-corrected chi connectivity index (χ1v) is 6.49. The summed E-state index contributed by atoms with van der Waals surface area (Å²) >= 11 is 0. The number of methoxy groups -OCH3 is 2. The van der Waals surface area contributed by atoms with Gasteiger partial charge in [-0.15, -0.1) is 0 Å². The highest BCUT2D eigenvalue weighted by Crippen LogP contribution is 2.42. The monoisotopic (exact) mass is 248 g/mol. The summed E-state index contributed by atoms with van der Waals surface area (Å²) in [6.07, 6.45) is 3.25. The van der Waals surface area contributed by atoms with Crippen LogP contribution in [0.2, 0.25) is 0 Å². The Kier molecular flexibility index (Phi) is 3.90. The molecular weight excluding hydrogens is 228 g/mol. The lowest BCUT2D eigenvalue weighted by Gasteiger charge is -2.27. The summed E-state index contributed by atoms with van der Waals surface area (Å²) in [6.45, 7) is 2.11. The fourth-order valence-corrected chi connectivity index (χ4v) is 2.81. The molecule has 3 heteroatoms. The minimum atomic E-state index is -0.0243. The molecule has 3 nitrogen and oxygen atoms in total. The van der Waals surface area contributed by atoms with Crippen molar-refractivity contribution < 1.29 is 14.3 Å². The molecule has 0 radical (unpaired) electrons. The number of carbonyl (C=O) groups excluding carboxylic acids is 1. The summed E-state index contributed by atoms with van der Waals surface area (Å²) in [5.41, 5.74) is 2.20. The van der Waals surface area contributed by atoms with Crippen molar-refractivity contribution in [3.63, 3.8) is 0 Å². The average molecular weight is 248 g/mol. The normalized spacial score (nSPS) is 18.4. The van der Waals surface area contributed by atoms with Crippen LogP contribution in [0.1, 0.15) is 43.2 Å². The van der Waals surface area contributed by atoms with Crippen LogP contribution in [0.15, 0.2) is 12.1 Å². The number of benzene rings is 1. The number of fused-ring (bicyclic) bond motifs is 1. The van der Waals surface area contributed by atoms with Crippen molar-refractivity contribution in [1.29, 1.82) is 0 Å². The molecule has 1 aromatic carbocycles. The maximum Gasteiger partial charge on any atom is 0.140 e. The zero-order valence-electron chi connectivity index (χ0n) is 11.3. The molecule has 0 aromatic heterocycles. The Labute approximate surface area is 108 Å². The second-order valence-corrected chi connectivity index (χ2v) is 4.67. The Morgan fingerprint density at radius 2 is 1.83 bits per heavy atom. The van der Waals surface area contributed by atoms with Crippen molar-refractivity contribution in [2.45, 2.75) is 38.5 Å². The van der Waals surface area contributed by atoms with E-state index in [1.807, 2.05) is 12.1 Å². The Hall–Kier alpha value is -1.51. The van der Waals surface area contributed by atoms with Gasteiger partial charge < -0.3 is 9.47 Å². The zero-order valence-corrected chi connectivity index (χ0v) is 11.3. The maximum atomic E-state index is 12.1. The molecule has 1 aliphatic rings. The molecule has 98 valence electrons. The average Bonchev–Trinajstić information content (AvgIpc) is 2.40. The number of hydrogen-bond donors (Lipinski definition) is 0. The first-order valence-electron chi connectivity index (χ1n) is 6.49. The van der Waals surface area contributed by atoms with Gasteiger partial charge in [-0.25, -0.2) is 0 Å². The van der Waals surface area contributed by atoms with Crippen LogP contribution in [0.4, 0.5) is 0 Å². The molecule has 0 aliphatic heterocycles. The Bertz CT molecular complexity index is 451. The van der Waals surface area contributed by atoms with Crippen LogP contribution >= 0.6 is 0 Å². The predicted octanol–water partition coefficient (Wildman–Crippen LogP) is 3.10. The third-order valence-electron chi connectivity index (χ3n) is 3.65. The van der Waals surface area contributed by atoms with Gasteiger partial charge >= 0.3 is 0 Å². The summed E-state index contributed by atoms with van der Waals surface area (Å²) in [5.74, 6) is 2.00. The topological polar surface area (TPSA) is 35.5 Å². The molecule has 1 aliphatic carbocycles. The van der Waals surface area contributed by atoms with Crippen LogP contribution in [0.5, 0.6) is 11.5 Å². The van der Waals surface area contributed by atoms with E-state index in [0.717, 1.165) is 41.9 Å². The molecule has 0 heterocycles. The SMILES string of the molecule is CCC[C@H]1C(=O)CCc2c(OC)ccc(OC)c21. The highest BCUT2D eigenvalue weighted by atomic mass is 16.5. The van der Waals surface area contributed by atoms with E-state index in [1.165, 1.54) is 0 Å². The molecule has 18 heavy (non-hydrogen) atoms. The number of ketones is 1. The van der Waals surface area contributed by atoms with Crippen LogP contribution in [0.25, 0.3) is 0 Å². The summed E-state index contributed by atoms with van der Waals surface area (Å²) < 4.78 is 10.8. The molecular formula is C15H20O3. The zero-order chi connectivity index (χ0) is 13.1. The fraction of sp³-hybridized carbons (Fsp3) is 0.533. The van der Waals surface area contributed by atoms with E-state index in [0.29, 0.717) is 12.2 Å². The van der Waals surface area contributed by atoms with E-state index in [-0.39, 0.29) is 5.92 Å². The number of hydrogen-bond acceptors (Lipinski definition) is 3. The standard InChI is InChI=1S/C15H20O3/c1-4-5-10-12(16)7-6-11-13(17-2)8-9-14(18-3)15(10)11/h8-10H,4-7H2,1-3H3/t10-/m0/s1. The van der Waals surface area contributed by atoms with E-state index in [1.54, 1.807) is 14.2 Å². The largest absolute Gasteiger partial charge is 0.496 e. The first-order chi connectivity index (χ1) is 8.72. The van der Waals surface area contributed by atoms with Crippen molar-refractivity contribution in [2.75, 3.05) is 14.2 Å². The molecule has 1 atom stereocenters. The quantitative estimate of drug-likeness (QED) is 0.821. The van der Waals surface area contributed by atoms with Crippen molar-refractivity contribution in [3.8, 4) is 11.5 Å². The van der Waals surface area contributed by atoms with Crippen LogP contribution in [-0.4, -0.2) is 20.0 Å². The molecule has 0 unspecified atom stereocenters. The summed E-state index contributed by atoms with van der Waals surface area (Å²) in [5, 5.41) is 0. The van der Waals surface area contributed by atoms with E-state index in [4.69, 9.17) is 9.47 Å². The predicted molar refractivity (Wildman–Crippen MR) is 70.5 cm³/mol. The summed E-state index contributed by atoms with van der Waals surface area (Å²) in [6, 6.07) is 3.83. The van der Waals surface area contributed by atoms with Gasteiger partial charge in [0, 0.05) is 23.5 Å². The summed E-state index contributed by atoms with van der Waals surface area (Å²) in [7, 11) is 3.33. The molecule has 0 amide bonds. The second kappa shape index (κ2) is 5.42. The highest BCUT2D eigenvalue weighted by Gasteiger charge is 2.31. The van der Waals surface area contributed by atoms with Crippen molar-refractivity contribution in [3.05, 3.63) is 23.3 Å². The lowest BCUT2D eigenvalue weighted by atomic mass is 9.78. The molecule has 0 spiro atoms. The Balaban J connectivity index is 2.56. The van der Waals surface area contributed by atoms with Gasteiger partial charge in [-0.3, -0.25) is 4.79 Å². The van der Waals surface area contributed by atoms with E-state index >= 15 is 0 Å². The van der Waals surface area contributed by atoms with E-state index in [2.05, 4.69) is 6.92 Å². The molecule has 1 aromatic rings. The molecule has 2 rings (SSSR count). The van der Waals surface area contributed by atoms with Gasteiger partial charge in [0.2, 0.25) is 0 Å². The number of Topliss-reactive ketones (excluding diaryl/α,β-unsaturated/α-hetero) is 1. The van der Waals surface area contributed by atoms with Crippen molar-refractivity contribution in [1.82, 2.24) is 0 Å². The smallest absolute Gasteiger partial charge is 0.140 e. The van der Waals surface area contributed by atoms with Crippen LogP contribution in [0.3, 0.4) is 0 Å². The second-order valence-electron chi connectivity index (χ2n) is 4.67. The number of carbonyl (C=O) groups is 1. The Morgan fingerprint density at radius 1 is 1.17 bits per heavy atom. The first kappa shape index (κ1) is 12.9. The van der Waals surface area contributed by atoms with Crippen LogP contribution < -0.4 is 9.47 Å². The fourth-order valence-electron chi connectivity index (χ4n) is 2.81. The molecule has 0 saturated heterocycles. The number of ether oxygens (including phenoxy) is 2. The highest BCUT2D eigenvalue weighted by molar-refractivity contribution is 5.89. The maximum absolute atomic E-state index is 12.1. The molecule has 0 N–H and O–H groups in total. The van der Waals surface area contributed by atoms with Gasteiger partial charge in [0.25, 0.3) is 0 Å².